The standard InChI is InChI=1S/C14H16BrNO3/c15-10-2-1-3-11(10)16-14(17)9-4-5-12-13(8-9)19-7-6-18-12/h4-5,8,10-11H,1-3,6-7H2,(H,16,17). The SMILES string of the molecule is O=C(NC1CCCC1Br)c1ccc2c(c1)OCCO2. The molecule has 5 heteroatoms. The van der Waals surface area contributed by atoms with E-state index < -0.39 is 0 Å². The summed E-state index contributed by atoms with van der Waals surface area (Å²) in [5.74, 6) is 1.32. The van der Waals surface area contributed by atoms with Gasteiger partial charge >= 0.3 is 0 Å². The Morgan fingerprint density at radius 3 is 2.74 bits per heavy atom. The van der Waals surface area contributed by atoms with Crippen LogP contribution in [0.1, 0.15) is 29.6 Å². The number of amides is 1. The van der Waals surface area contributed by atoms with E-state index in [-0.39, 0.29) is 11.9 Å². The van der Waals surface area contributed by atoms with Crippen LogP contribution >= 0.6 is 15.9 Å². The van der Waals surface area contributed by atoms with E-state index >= 15 is 0 Å². The Balaban J connectivity index is 1.72. The highest BCUT2D eigenvalue weighted by molar-refractivity contribution is 9.09. The minimum atomic E-state index is -0.0478. The number of hydrogen-bond donors (Lipinski definition) is 1. The van der Waals surface area contributed by atoms with E-state index in [1.807, 2.05) is 0 Å². The molecule has 2 unspecified atom stereocenters. The third kappa shape index (κ3) is 2.71. The van der Waals surface area contributed by atoms with Gasteiger partial charge in [0.15, 0.2) is 11.5 Å². The highest BCUT2D eigenvalue weighted by atomic mass is 79.9. The van der Waals surface area contributed by atoms with Crippen LogP contribution in [0.2, 0.25) is 0 Å². The molecule has 4 nitrogen and oxygen atoms in total. The summed E-state index contributed by atoms with van der Waals surface area (Å²) in [4.78, 5) is 12.6. The van der Waals surface area contributed by atoms with Crippen LogP contribution in [0.4, 0.5) is 0 Å². The van der Waals surface area contributed by atoms with Gasteiger partial charge in [-0.2, -0.15) is 0 Å². The van der Waals surface area contributed by atoms with E-state index in [2.05, 4.69) is 21.2 Å². The summed E-state index contributed by atoms with van der Waals surface area (Å²) in [6.45, 7) is 1.09. The molecule has 102 valence electrons. The Kier molecular flexibility index (Phi) is 3.64. The van der Waals surface area contributed by atoms with E-state index in [1.54, 1.807) is 18.2 Å². The minimum absolute atomic E-state index is 0.0478. The predicted octanol–water partition coefficient (Wildman–Crippen LogP) is 2.50. The maximum Gasteiger partial charge on any atom is 0.251 e. The number of rotatable bonds is 2. The fourth-order valence-electron chi connectivity index (χ4n) is 2.51. The van der Waals surface area contributed by atoms with Crippen LogP contribution in [-0.2, 0) is 0 Å². The van der Waals surface area contributed by atoms with Crippen molar-refractivity contribution in [3.05, 3.63) is 23.8 Å². The molecule has 0 radical (unpaired) electrons. The second-order valence-electron chi connectivity index (χ2n) is 4.89. The van der Waals surface area contributed by atoms with Gasteiger partial charge in [0.05, 0.1) is 0 Å². The zero-order valence-corrected chi connectivity index (χ0v) is 12.1. The maximum atomic E-state index is 12.2. The molecule has 1 aliphatic carbocycles. The first kappa shape index (κ1) is 12.8. The first-order chi connectivity index (χ1) is 9.24. The highest BCUT2D eigenvalue weighted by Crippen LogP contribution is 2.31. The van der Waals surface area contributed by atoms with Gasteiger partial charge in [-0.25, -0.2) is 0 Å². The lowest BCUT2D eigenvalue weighted by Gasteiger charge is -2.20. The molecule has 1 N–H and O–H groups in total. The smallest absolute Gasteiger partial charge is 0.251 e. The zero-order valence-electron chi connectivity index (χ0n) is 10.5. The van der Waals surface area contributed by atoms with Crippen molar-refractivity contribution in [1.29, 1.82) is 0 Å². The Morgan fingerprint density at radius 1 is 1.21 bits per heavy atom. The van der Waals surface area contributed by atoms with Gasteiger partial charge in [0.1, 0.15) is 13.2 Å². The largest absolute Gasteiger partial charge is 0.486 e. The van der Waals surface area contributed by atoms with E-state index in [1.165, 1.54) is 0 Å². The van der Waals surface area contributed by atoms with Gasteiger partial charge < -0.3 is 14.8 Å². The molecule has 1 aliphatic heterocycles. The second kappa shape index (κ2) is 5.41. The van der Waals surface area contributed by atoms with Gasteiger partial charge in [0.2, 0.25) is 0 Å². The Hall–Kier alpha value is -1.23. The third-order valence-corrected chi connectivity index (χ3v) is 4.65. The van der Waals surface area contributed by atoms with Crippen molar-refractivity contribution in [2.24, 2.45) is 0 Å². The molecule has 0 bridgehead atoms. The van der Waals surface area contributed by atoms with Crippen LogP contribution in [0.25, 0.3) is 0 Å². The van der Waals surface area contributed by atoms with Crippen molar-refractivity contribution in [2.75, 3.05) is 13.2 Å². The summed E-state index contributed by atoms with van der Waals surface area (Å²) in [5.41, 5.74) is 0.621. The van der Waals surface area contributed by atoms with Crippen LogP contribution < -0.4 is 14.8 Å². The first-order valence-corrected chi connectivity index (χ1v) is 7.50. The molecule has 1 aromatic rings. The predicted molar refractivity (Wildman–Crippen MR) is 75.3 cm³/mol. The van der Waals surface area contributed by atoms with Crippen LogP contribution in [-0.4, -0.2) is 30.0 Å². The Bertz CT molecular complexity index is 492. The average molecular weight is 326 g/mol. The summed E-state index contributed by atoms with van der Waals surface area (Å²) in [6.07, 6.45) is 3.31. The molecule has 1 amide bonds. The molecule has 0 aromatic heterocycles. The Labute approximate surface area is 120 Å². The lowest BCUT2D eigenvalue weighted by molar-refractivity contribution is 0.0937. The molecule has 2 aliphatic rings. The Morgan fingerprint density at radius 2 is 2.00 bits per heavy atom. The lowest BCUT2D eigenvalue weighted by Crippen LogP contribution is -2.37. The van der Waals surface area contributed by atoms with Crippen molar-refractivity contribution in [1.82, 2.24) is 5.32 Å². The van der Waals surface area contributed by atoms with E-state index in [4.69, 9.17) is 9.47 Å². The van der Waals surface area contributed by atoms with Crippen LogP contribution in [0.15, 0.2) is 18.2 Å². The van der Waals surface area contributed by atoms with Gasteiger partial charge in [-0.05, 0) is 31.0 Å². The van der Waals surface area contributed by atoms with Crippen molar-refractivity contribution in [3.8, 4) is 11.5 Å². The van der Waals surface area contributed by atoms with Crippen LogP contribution in [0.5, 0.6) is 11.5 Å². The van der Waals surface area contributed by atoms with Crippen LogP contribution in [0, 0.1) is 0 Å². The molecule has 0 saturated heterocycles. The number of carbonyl (C=O) groups is 1. The number of nitrogens with one attached hydrogen (secondary N) is 1. The number of hydrogen-bond acceptors (Lipinski definition) is 3. The van der Waals surface area contributed by atoms with Gasteiger partial charge in [0, 0.05) is 16.4 Å². The molecule has 1 aromatic carbocycles. The normalized spacial score (nSPS) is 25.1. The lowest BCUT2D eigenvalue weighted by atomic mass is 10.1. The molecule has 1 saturated carbocycles. The van der Waals surface area contributed by atoms with Gasteiger partial charge in [-0.15, -0.1) is 0 Å². The molecule has 19 heavy (non-hydrogen) atoms. The highest BCUT2D eigenvalue weighted by Gasteiger charge is 2.27. The summed E-state index contributed by atoms with van der Waals surface area (Å²) >= 11 is 3.61. The average Bonchev–Trinajstić information content (AvgIpc) is 2.84. The zero-order chi connectivity index (χ0) is 13.2. The molecular weight excluding hydrogens is 310 g/mol. The van der Waals surface area contributed by atoms with Crippen LogP contribution in [0.3, 0.4) is 0 Å². The number of fused-ring (bicyclic) bond motifs is 1. The van der Waals surface area contributed by atoms with Crippen molar-refractivity contribution in [3.63, 3.8) is 0 Å². The number of carbonyl (C=O) groups excluding carboxylic acids is 1. The van der Waals surface area contributed by atoms with E-state index in [0.29, 0.717) is 35.1 Å². The molecule has 1 heterocycles. The summed E-state index contributed by atoms with van der Waals surface area (Å²) < 4.78 is 10.9. The quantitative estimate of drug-likeness (QED) is 0.850. The van der Waals surface area contributed by atoms with E-state index in [0.717, 1.165) is 19.3 Å². The monoisotopic (exact) mass is 325 g/mol. The molecule has 2 atom stereocenters. The van der Waals surface area contributed by atoms with Gasteiger partial charge in [0.25, 0.3) is 5.91 Å². The topological polar surface area (TPSA) is 47.6 Å². The second-order valence-corrected chi connectivity index (χ2v) is 6.06. The fourth-order valence-corrected chi connectivity index (χ4v) is 3.23. The number of benzene rings is 1. The summed E-state index contributed by atoms with van der Waals surface area (Å²) in [6, 6.07) is 5.55. The van der Waals surface area contributed by atoms with E-state index in [9.17, 15) is 4.79 Å². The minimum Gasteiger partial charge on any atom is -0.486 e. The molecule has 3 rings (SSSR count). The number of halogens is 1. The maximum absolute atomic E-state index is 12.2. The fraction of sp³-hybridized carbons (Fsp3) is 0.500. The summed E-state index contributed by atoms with van der Waals surface area (Å²) in [7, 11) is 0. The van der Waals surface area contributed by atoms with Crippen molar-refractivity contribution < 1.29 is 14.3 Å². The summed E-state index contributed by atoms with van der Waals surface area (Å²) in [5, 5.41) is 3.07. The van der Waals surface area contributed by atoms with Gasteiger partial charge in [-0.1, -0.05) is 22.4 Å². The third-order valence-electron chi connectivity index (χ3n) is 3.55. The number of ether oxygens (including phenoxy) is 2. The van der Waals surface area contributed by atoms with Crippen molar-refractivity contribution in [2.45, 2.75) is 30.1 Å². The molecule has 1 fully saturated rings. The molecular formula is C14H16BrNO3. The van der Waals surface area contributed by atoms with Crippen molar-refractivity contribution >= 4 is 21.8 Å². The number of alkyl halides is 1. The molecule has 0 spiro atoms. The van der Waals surface area contributed by atoms with Gasteiger partial charge in [-0.3, -0.25) is 4.79 Å². The first-order valence-electron chi connectivity index (χ1n) is 6.58.